The van der Waals surface area contributed by atoms with E-state index >= 15 is 0 Å². The fraction of sp³-hybridized carbons (Fsp3) is 0.304. The first-order chi connectivity index (χ1) is 15.4. The smallest absolute Gasteiger partial charge is 0.396 e. The van der Waals surface area contributed by atoms with Crippen LogP contribution in [0.4, 0.5) is 0 Å². The molecule has 0 fully saturated rings. The molecule has 0 bridgehead atoms. The molecule has 0 heterocycles. The van der Waals surface area contributed by atoms with Crippen LogP contribution in [0.15, 0.2) is 54.6 Å². The number of carbonyl (C=O) groups is 4. The number of benzene rings is 2. The highest BCUT2D eigenvalue weighted by molar-refractivity contribution is 6.32. The molecule has 9 nitrogen and oxygen atoms in total. The van der Waals surface area contributed by atoms with Crippen molar-refractivity contribution in [3.8, 4) is 5.75 Å². The predicted molar refractivity (Wildman–Crippen MR) is 112 cm³/mol. The van der Waals surface area contributed by atoms with Crippen molar-refractivity contribution in [2.24, 2.45) is 0 Å². The number of methoxy groups -OCH3 is 1. The molecule has 1 unspecified atom stereocenters. The third kappa shape index (κ3) is 8.86. The van der Waals surface area contributed by atoms with Gasteiger partial charge in [-0.15, -0.1) is 0 Å². The second-order valence-electron chi connectivity index (χ2n) is 6.85. The summed E-state index contributed by atoms with van der Waals surface area (Å²) in [5.41, 5.74) is 1.64. The van der Waals surface area contributed by atoms with Crippen molar-refractivity contribution in [1.82, 2.24) is 5.32 Å². The Morgan fingerprint density at radius 3 is 2.12 bits per heavy atom. The van der Waals surface area contributed by atoms with Crippen molar-refractivity contribution in [3.63, 3.8) is 0 Å². The number of ether oxygens (including phenoxy) is 3. The van der Waals surface area contributed by atoms with Gasteiger partial charge < -0.3 is 24.6 Å². The Morgan fingerprint density at radius 2 is 1.50 bits per heavy atom. The summed E-state index contributed by atoms with van der Waals surface area (Å²) >= 11 is 0. The summed E-state index contributed by atoms with van der Waals surface area (Å²) in [7, 11) is 1.04. The zero-order valence-corrected chi connectivity index (χ0v) is 17.6. The van der Waals surface area contributed by atoms with E-state index < -0.39 is 29.9 Å². The van der Waals surface area contributed by atoms with Crippen molar-refractivity contribution < 1.29 is 38.5 Å². The first-order valence-electron chi connectivity index (χ1n) is 9.89. The molecule has 0 radical (unpaired) electrons. The molecule has 2 N–H and O–H groups in total. The fourth-order valence-corrected chi connectivity index (χ4v) is 2.71. The number of phenols is 1. The van der Waals surface area contributed by atoms with E-state index in [1.165, 1.54) is 12.1 Å². The van der Waals surface area contributed by atoms with E-state index in [1.807, 2.05) is 6.07 Å². The lowest BCUT2D eigenvalue weighted by molar-refractivity contribution is -0.154. The zero-order chi connectivity index (χ0) is 23.3. The second-order valence-corrected chi connectivity index (χ2v) is 6.85. The van der Waals surface area contributed by atoms with Crippen LogP contribution < -0.4 is 5.32 Å². The SMILES string of the molecule is COC(=O)C(=O)NC(CC(=O)OCCc1ccc(O)cc1)CC(=O)OCc1ccccc1. The van der Waals surface area contributed by atoms with Gasteiger partial charge in [0.1, 0.15) is 12.4 Å². The number of rotatable bonds is 10. The largest absolute Gasteiger partial charge is 0.508 e. The molecule has 1 atom stereocenters. The van der Waals surface area contributed by atoms with Crippen LogP contribution in [0.25, 0.3) is 0 Å². The Morgan fingerprint density at radius 1 is 0.875 bits per heavy atom. The molecule has 2 aromatic rings. The molecule has 0 aliphatic carbocycles. The molecule has 0 aliphatic rings. The van der Waals surface area contributed by atoms with Crippen molar-refractivity contribution in [2.75, 3.05) is 13.7 Å². The second kappa shape index (κ2) is 12.7. The van der Waals surface area contributed by atoms with Crippen molar-refractivity contribution in [2.45, 2.75) is 31.9 Å². The van der Waals surface area contributed by atoms with Crippen LogP contribution >= 0.6 is 0 Å². The molecule has 2 rings (SSSR count). The van der Waals surface area contributed by atoms with Gasteiger partial charge in [0.2, 0.25) is 0 Å². The van der Waals surface area contributed by atoms with E-state index in [0.717, 1.165) is 18.2 Å². The highest BCUT2D eigenvalue weighted by Gasteiger charge is 2.25. The van der Waals surface area contributed by atoms with Gasteiger partial charge in [-0.05, 0) is 23.3 Å². The van der Waals surface area contributed by atoms with Gasteiger partial charge in [-0.25, -0.2) is 4.79 Å². The number of aromatic hydroxyl groups is 1. The first kappa shape index (κ1) is 24.4. The monoisotopic (exact) mass is 443 g/mol. The normalized spacial score (nSPS) is 11.2. The summed E-state index contributed by atoms with van der Waals surface area (Å²) in [6.07, 6.45) is -0.244. The lowest BCUT2D eigenvalue weighted by atomic mass is 10.1. The molecule has 0 saturated carbocycles. The van der Waals surface area contributed by atoms with Crippen LogP contribution in [0, 0.1) is 0 Å². The maximum Gasteiger partial charge on any atom is 0.396 e. The molecule has 9 heteroatoms. The lowest BCUT2D eigenvalue weighted by Crippen LogP contribution is -2.42. The quantitative estimate of drug-likeness (QED) is 0.322. The third-order valence-electron chi connectivity index (χ3n) is 4.36. The minimum Gasteiger partial charge on any atom is -0.508 e. The van der Waals surface area contributed by atoms with Crippen LogP contribution in [0.3, 0.4) is 0 Å². The van der Waals surface area contributed by atoms with E-state index in [9.17, 15) is 24.3 Å². The number of esters is 3. The number of hydrogen-bond acceptors (Lipinski definition) is 8. The topological polar surface area (TPSA) is 128 Å². The highest BCUT2D eigenvalue weighted by Crippen LogP contribution is 2.11. The Hall–Kier alpha value is -3.88. The summed E-state index contributed by atoms with van der Waals surface area (Å²) in [6.45, 7) is 0.105. The van der Waals surface area contributed by atoms with E-state index in [-0.39, 0.29) is 31.8 Å². The summed E-state index contributed by atoms with van der Waals surface area (Å²) in [6, 6.07) is 14.4. The lowest BCUT2D eigenvalue weighted by Gasteiger charge is -2.17. The Labute approximate surface area is 185 Å². The number of carbonyl (C=O) groups excluding carboxylic acids is 4. The van der Waals surface area contributed by atoms with Crippen LogP contribution in [0.5, 0.6) is 5.75 Å². The fourth-order valence-electron chi connectivity index (χ4n) is 2.71. The molecule has 0 saturated heterocycles. The molecule has 32 heavy (non-hydrogen) atoms. The van der Waals surface area contributed by atoms with Gasteiger partial charge in [0, 0.05) is 6.42 Å². The number of phenolic OH excluding ortho intramolecular Hbond substituents is 1. The molecule has 0 spiro atoms. The minimum atomic E-state index is -1.15. The molecule has 0 aliphatic heterocycles. The van der Waals surface area contributed by atoms with Gasteiger partial charge in [0.05, 0.1) is 32.6 Å². The zero-order valence-electron chi connectivity index (χ0n) is 17.6. The summed E-state index contributed by atoms with van der Waals surface area (Å²) in [4.78, 5) is 47.6. The molecule has 1 amide bonds. The Balaban J connectivity index is 1.87. The van der Waals surface area contributed by atoms with Crippen LogP contribution in [0.1, 0.15) is 24.0 Å². The van der Waals surface area contributed by atoms with Crippen LogP contribution in [-0.2, 0) is 46.4 Å². The molecule has 2 aromatic carbocycles. The van der Waals surface area contributed by atoms with E-state index in [4.69, 9.17) is 9.47 Å². The van der Waals surface area contributed by atoms with Gasteiger partial charge in [-0.2, -0.15) is 0 Å². The van der Waals surface area contributed by atoms with Crippen molar-refractivity contribution in [1.29, 1.82) is 0 Å². The maximum atomic E-state index is 12.2. The van der Waals surface area contributed by atoms with E-state index in [0.29, 0.717) is 6.42 Å². The number of nitrogens with one attached hydrogen (secondary N) is 1. The predicted octanol–water partition coefficient (Wildman–Crippen LogP) is 1.66. The minimum absolute atomic E-state index is 0.0361. The third-order valence-corrected chi connectivity index (χ3v) is 4.36. The van der Waals surface area contributed by atoms with Crippen LogP contribution in [-0.4, -0.2) is 48.7 Å². The summed E-state index contributed by atoms with van der Waals surface area (Å²) < 4.78 is 14.7. The van der Waals surface area contributed by atoms with E-state index in [1.54, 1.807) is 36.4 Å². The first-order valence-corrected chi connectivity index (χ1v) is 9.89. The number of hydrogen-bond donors (Lipinski definition) is 2. The van der Waals surface area contributed by atoms with Crippen molar-refractivity contribution in [3.05, 3.63) is 65.7 Å². The maximum absolute atomic E-state index is 12.2. The summed E-state index contributed by atoms with van der Waals surface area (Å²) in [5.74, 6) is -3.40. The molecule has 170 valence electrons. The van der Waals surface area contributed by atoms with Gasteiger partial charge >= 0.3 is 23.8 Å². The molecular formula is C23H25NO8. The van der Waals surface area contributed by atoms with E-state index in [2.05, 4.69) is 10.1 Å². The van der Waals surface area contributed by atoms with Crippen LogP contribution in [0.2, 0.25) is 0 Å². The average molecular weight is 443 g/mol. The Kier molecular flexibility index (Phi) is 9.70. The summed E-state index contributed by atoms with van der Waals surface area (Å²) in [5, 5.41) is 11.6. The van der Waals surface area contributed by atoms with Gasteiger partial charge in [-0.3, -0.25) is 14.4 Å². The molecular weight excluding hydrogens is 418 g/mol. The van der Waals surface area contributed by atoms with Gasteiger partial charge in [-0.1, -0.05) is 42.5 Å². The van der Waals surface area contributed by atoms with Gasteiger partial charge in [0.25, 0.3) is 0 Å². The Bertz CT molecular complexity index is 911. The highest BCUT2D eigenvalue weighted by atomic mass is 16.5. The number of amides is 1. The molecule has 0 aromatic heterocycles. The van der Waals surface area contributed by atoms with Crippen molar-refractivity contribution >= 4 is 23.8 Å². The van der Waals surface area contributed by atoms with Gasteiger partial charge in [0.15, 0.2) is 0 Å². The standard InChI is InChI=1S/C23H25NO8/c1-30-23(29)22(28)24-18(14-21(27)32-15-17-5-3-2-4-6-17)13-20(26)31-12-11-16-7-9-19(25)10-8-16/h2-10,18,25H,11-15H2,1H3,(H,24,28). The average Bonchev–Trinajstić information content (AvgIpc) is 2.79.